The summed E-state index contributed by atoms with van der Waals surface area (Å²) in [5.41, 5.74) is 1.02. The molecule has 3 rings (SSSR count). The maximum Gasteiger partial charge on any atom is 0.573 e. The quantitative estimate of drug-likeness (QED) is 0.639. The number of aromatic nitrogens is 3. The third-order valence-corrected chi connectivity index (χ3v) is 4.15. The van der Waals surface area contributed by atoms with E-state index in [0.717, 1.165) is 6.42 Å². The monoisotopic (exact) mass is 408 g/mol. The predicted octanol–water partition coefficient (Wildman–Crippen LogP) is 4.02. The molecule has 1 atom stereocenters. The molecular formula is C19H19F3N4O3. The van der Waals surface area contributed by atoms with Crippen molar-refractivity contribution in [2.24, 2.45) is 0 Å². The first-order valence-electron chi connectivity index (χ1n) is 8.90. The van der Waals surface area contributed by atoms with Crippen molar-refractivity contribution in [2.45, 2.75) is 39.2 Å². The topological polar surface area (TPSA) is 82.2 Å². The van der Waals surface area contributed by atoms with E-state index in [0.29, 0.717) is 11.3 Å². The number of rotatable bonds is 7. The van der Waals surface area contributed by atoms with Crippen LogP contribution in [0.5, 0.6) is 5.75 Å². The molecule has 1 aromatic carbocycles. The highest BCUT2D eigenvalue weighted by Gasteiger charge is 2.31. The van der Waals surface area contributed by atoms with Gasteiger partial charge in [-0.05, 0) is 49.7 Å². The van der Waals surface area contributed by atoms with Crippen LogP contribution in [0.15, 0.2) is 47.1 Å². The van der Waals surface area contributed by atoms with Gasteiger partial charge in [-0.15, -0.1) is 13.2 Å². The molecule has 7 nitrogen and oxygen atoms in total. The van der Waals surface area contributed by atoms with E-state index < -0.39 is 6.36 Å². The smallest absolute Gasteiger partial charge is 0.406 e. The van der Waals surface area contributed by atoms with Gasteiger partial charge in [-0.2, -0.15) is 4.98 Å². The van der Waals surface area contributed by atoms with Crippen molar-refractivity contribution in [3.05, 3.63) is 42.6 Å². The molecule has 2 aromatic heterocycles. The summed E-state index contributed by atoms with van der Waals surface area (Å²) in [5, 5.41) is 6.75. The number of hydrogen-bond acceptors (Lipinski definition) is 5. The van der Waals surface area contributed by atoms with Crippen LogP contribution in [-0.4, -0.2) is 33.0 Å². The molecule has 0 saturated carbocycles. The number of carbonyl (C=O) groups is 1. The van der Waals surface area contributed by atoms with Crippen molar-refractivity contribution in [2.75, 3.05) is 0 Å². The maximum atomic E-state index is 12.3. The van der Waals surface area contributed by atoms with Gasteiger partial charge < -0.3 is 19.1 Å². The summed E-state index contributed by atoms with van der Waals surface area (Å²) in [7, 11) is 0. The van der Waals surface area contributed by atoms with Gasteiger partial charge in [0.1, 0.15) is 18.0 Å². The van der Waals surface area contributed by atoms with E-state index in [4.69, 9.17) is 4.52 Å². The van der Waals surface area contributed by atoms with Crippen LogP contribution in [0.25, 0.3) is 23.0 Å². The summed E-state index contributed by atoms with van der Waals surface area (Å²) in [6.07, 6.45) is -2.21. The lowest BCUT2D eigenvalue weighted by atomic mass is 10.2. The molecule has 1 unspecified atom stereocenters. The molecule has 2 heterocycles. The molecule has 0 spiro atoms. The largest absolute Gasteiger partial charge is 0.573 e. The highest BCUT2D eigenvalue weighted by Crippen LogP contribution is 2.27. The fourth-order valence-corrected chi connectivity index (χ4v) is 2.57. The average molecular weight is 408 g/mol. The van der Waals surface area contributed by atoms with Crippen molar-refractivity contribution >= 4 is 5.91 Å². The Hall–Kier alpha value is -3.30. The van der Waals surface area contributed by atoms with Crippen molar-refractivity contribution in [3.63, 3.8) is 0 Å². The van der Waals surface area contributed by atoms with E-state index in [-0.39, 0.29) is 36.0 Å². The van der Waals surface area contributed by atoms with Crippen LogP contribution >= 0.6 is 0 Å². The minimum absolute atomic E-state index is 0.0702. The van der Waals surface area contributed by atoms with Gasteiger partial charge >= 0.3 is 6.36 Å². The molecule has 0 aliphatic carbocycles. The van der Waals surface area contributed by atoms with Crippen molar-refractivity contribution in [3.8, 4) is 28.7 Å². The Balaban J connectivity index is 1.74. The Labute approximate surface area is 164 Å². The minimum Gasteiger partial charge on any atom is -0.406 e. The summed E-state index contributed by atoms with van der Waals surface area (Å²) in [6, 6.07) is 8.68. The Kier molecular flexibility index (Phi) is 5.90. The van der Waals surface area contributed by atoms with Crippen LogP contribution in [0.1, 0.15) is 20.3 Å². The summed E-state index contributed by atoms with van der Waals surface area (Å²) >= 11 is 0. The molecule has 29 heavy (non-hydrogen) atoms. The number of halogens is 3. The van der Waals surface area contributed by atoms with Crippen molar-refractivity contribution in [1.82, 2.24) is 20.0 Å². The molecule has 0 fully saturated rings. The van der Waals surface area contributed by atoms with Crippen LogP contribution in [0.4, 0.5) is 13.2 Å². The Morgan fingerprint density at radius 3 is 2.66 bits per heavy atom. The molecule has 1 N–H and O–H groups in total. The van der Waals surface area contributed by atoms with Crippen LogP contribution in [0.2, 0.25) is 0 Å². The second kappa shape index (κ2) is 8.38. The predicted molar refractivity (Wildman–Crippen MR) is 97.7 cm³/mol. The zero-order valence-electron chi connectivity index (χ0n) is 15.7. The lowest BCUT2D eigenvalue weighted by Crippen LogP contribution is -2.34. The normalized spacial score (nSPS) is 12.6. The minimum atomic E-state index is -4.76. The van der Waals surface area contributed by atoms with Gasteiger partial charge in [-0.25, -0.2) is 0 Å². The van der Waals surface area contributed by atoms with Crippen LogP contribution in [-0.2, 0) is 11.3 Å². The van der Waals surface area contributed by atoms with Gasteiger partial charge in [0, 0.05) is 17.8 Å². The van der Waals surface area contributed by atoms with Crippen molar-refractivity contribution < 1.29 is 27.2 Å². The van der Waals surface area contributed by atoms with Crippen LogP contribution in [0.3, 0.4) is 0 Å². The van der Waals surface area contributed by atoms with Gasteiger partial charge in [-0.3, -0.25) is 4.79 Å². The second-order valence-electron chi connectivity index (χ2n) is 6.39. The van der Waals surface area contributed by atoms with Gasteiger partial charge in [0.05, 0.1) is 0 Å². The summed E-state index contributed by atoms with van der Waals surface area (Å²) < 4.78 is 47.5. The van der Waals surface area contributed by atoms with E-state index in [2.05, 4.69) is 20.2 Å². The lowest BCUT2D eigenvalue weighted by molar-refractivity contribution is -0.274. The van der Waals surface area contributed by atoms with Crippen LogP contribution in [0, 0.1) is 0 Å². The lowest BCUT2D eigenvalue weighted by Gasteiger charge is -2.12. The number of amides is 1. The molecule has 1 amide bonds. The molecule has 0 aliphatic heterocycles. The highest BCUT2D eigenvalue weighted by molar-refractivity contribution is 5.76. The number of nitrogens with zero attached hydrogens (tertiary/aromatic N) is 3. The molecule has 0 bridgehead atoms. The van der Waals surface area contributed by atoms with E-state index in [1.54, 1.807) is 22.9 Å². The first-order valence-corrected chi connectivity index (χ1v) is 8.90. The SMILES string of the molecule is CCC(C)NC(=O)Cn1cccc1-c1nc(-c2ccc(OC(F)(F)F)cc2)no1. The van der Waals surface area contributed by atoms with Crippen molar-refractivity contribution in [1.29, 1.82) is 0 Å². The number of carbonyl (C=O) groups excluding carboxylic acids is 1. The molecule has 154 valence electrons. The number of ether oxygens (including phenoxy) is 1. The first kappa shape index (κ1) is 20.4. The molecule has 0 radical (unpaired) electrons. The van der Waals surface area contributed by atoms with E-state index in [1.165, 1.54) is 24.3 Å². The van der Waals surface area contributed by atoms with Gasteiger partial charge in [0.15, 0.2) is 0 Å². The Morgan fingerprint density at radius 2 is 2.00 bits per heavy atom. The van der Waals surface area contributed by atoms with Gasteiger partial charge in [0.2, 0.25) is 11.7 Å². The average Bonchev–Trinajstić information content (AvgIpc) is 3.30. The summed E-state index contributed by atoms with van der Waals surface area (Å²) in [5.74, 6) is -0.0877. The van der Waals surface area contributed by atoms with E-state index >= 15 is 0 Å². The van der Waals surface area contributed by atoms with Crippen LogP contribution < -0.4 is 10.1 Å². The zero-order valence-corrected chi connectivity index (χ0v) is 15.7. The maximum absolute atomic E-state index is 12.3. The Bertz CT molecular complexity index is 964. The molecule has 10 heteroatoms. The van der Waals surface area contributed by atoms with Gasteiger partial charge in [-0.1, -0.05) is 12.1 Å². The molecular weight excluding hydrogens is 389 g/mol. The zero-order chi connectivity index (χ0) is 21.0. The van der Waals surface area contributed by atoms with E-state index in [1.807, 2.05) is 13.8 Å². The number of benzene rings is 1. The van der Waals surface area contributed by atoms with E-state index in [9.17, 15) is 18.0 Å². The fourth-order valence-electron chi connectivity index (χ4n) is 2.57. The standard InChI is InChI=1S/C19H19F3N4O3/c1-3-12(2)23-16(27)11-26-10-4-5-15(26)18-24-17(25-29-18)13-6-8-14(9-7-13)28-19(20,21)22/h4-10,12H,3,11H2,1-2H3,(H,23,27). The third-order valence-electron chi connectivity index (χ3n) is 4.15. The second-order valence-corrected chi connectivity index (χ2v) is 6.39. The molecule has 3 aromatic rings. The fraction of sp³-hybridized carbons (Fsp3) is 0.316. The third kappa shape index (κ3) is 5.37. The summed E-state index contributed by atoms with van der Waals surface area (Å²) in [6.45, 7) is 3.99. The molecule has 0 aliphatic rings. The number of nitrogens with one attached hydrogen (secondary N) is 1. The van der Waals surface area contributed by atoms with Gasteiger partial charge in [0.25, 0.3) is 5.89 Å². The highest BCUT2D eigenvalue weighted by atomic mass is 19.4. The first-order chi connectivity index (χ1) is 13.7. The Morgan fingerprint density at radius 1 is 1.28 bits per heavy atom. The molecule has 0 saturated heterocycles. The number of alkyl halides is 3. The summed E-state index contributed by atoms with van der Waals surface area (Å²) in [4.78, 5) is 16.4. The number of hydrogen-bond donors (Lipinski definition) is 1.